The molecule has 96 valence electrons. The van der Waals surface area contributed by atoms with Gasteiger partial charge in [-0.1, -0.05) is 11.8 Å². The lowest BCUT2D eigenvalue weighted by Crippen LogP contribution is -2.11. The van der Waals surface area contributed by atoms with Crippen LogP contribution in [-0.2, 0) is 0 Å². The van der Waals surface area contributed by atoms with Gasteiger partial charge in [-0.25, -0.2) is 4.39 Å². The van der Waals surface area contributed by atoms with Gasteiger partial charge in [0.15, 0.2) is 5.76 Å². The van der Waals surface area contributed by atoms with E-state index >= 15 is 0 Å². The fourth-order valence-electron chi connectivity index (χ4n) is 1.43. The molecule has 2 aromatic rings. The van der Waals surface area contributed by atoms with Crippen LogP contribution < -0.4 is 5.32 Å². The summed E-state index contributed by atoms with van der Waals surface area (Å²) in [5.74, 6) is 3.93. The monoisotopic (exact) mass is 259 g/mol. The second-order valence-corrected chi connectivity index (χ2v) is 3.59. The summed E-state index contributed by atoms with van der Waals surface area (Å²) < 4.78 is 18.5. The number of amides is 1. The number of halogens is 1. The molecule has 0 aliphatic rings. The smallest absolute Gasteiger partial charge is 0.291 e. The molecule has 0 saturated heterocycles. The van der Waals surface area contributed by atoms with E-state index in [1.54, 1.807) is 6.07 Å². The lowest BCUT2D eigenvalue weighted by atomic mass is 10.2. The number of aliphatic hydroxyl groups excluding tert-OH is 1. The summed E-state index contributed by atoms with van der Waals surface area (Å²) >= 11 is 0. The Balaban J connectivity index is 2.14. The first-order valence-electron chi connectivity index (χ1n) is 5.45. The molecule has 1 heterocycles. The van der Waals surface area contributed by atoms with Crippen molar-refractivity contribution in [1.29, 1.82) is 0 Å². The van der Waals surface area contributed by atoms with Gasteiger partial charge < -0.3 is 14.8 Å². The molecule has 1 aromatic heterocycles. The molecule has 0 bridgehead atoms. The first-order chi connectivity index (χ1) is 9.20. The van der Waals surface area contributed by atoms with Crippen LogP contribution in [0.2, 0.25) is 0 Å². The van der Waals surface area contributed by atoms with Crippen LogP contribution in [0.1, 0.15) is 16.1 Å². The van der Waals surface area contributed by atoms with Crippen molar-refractivity contribution in [2.75, 3.05) is 11.9 Å². The van der Waals surface area contributed by atoms with Crippen LogP contribution in [-0.4, -0.2) is 17.6 Å². The van der Waals surface area contributed by atoms with E-state index in [0.717, 1.165) is 6.07 Å². The van der Waals surface area contributed by atoms with Crippen molar-refractivity contribution in [2.24, 2.45) is 0 Å². The van der Waals surface area contributed by atoms with E-state index in [4.69, 9.17) is 9.52 Å². The highest BCUT2D eigenvalue weighted by atomic mass is 19.1. The molecule has 0 radical (unpaired) electrons. The van der Waals surface area contributed by atoms with E-state index in [-0.39, 0.29) is 17.9 Å². The lowest BCUT2D eigenvalue weighted by molar-refractivity contribution is 0.0996. The van der Waals surface area contributed by atoms with E-state index in [9.17, 15) is 9.18 Å². The normalized spacial score (nSPS) is 9.58. The average Bonchev–Trinajstić information content (AvgIpc) is 2.92. The second kappa shape index (κ2) is 5.85. The van der Waals surface area contributed by atoms with Gasteiger partial charge in [0.1, 0.15) is 12.4 Å². The number of hydrogen-bond acceptors (Lipinski definition) is 3. The molecule has 5 heteroatoms. The fraction of sp³-hybridized carbons (Fsp3) is 0.0714. The van der Waals surface area contributed by atoms with Gasteiger partial charge in [0.05, 0.1) is 11.8 Å². The number of benzene rings is 1. The molecule has 4 nitrogen and oxygen atoms in total. The van der Waals surface area contributed by atoms with E-state index in [2.05, 4.69) is 17.2 Å². The molecule has 2 rings (SSSR count). The first kappa shape index (κ1) is 12.9. The van der Waals surface area contributed by atoms with Crippen LogP contribution in [0.15, 0.2) is 41.0 Å². The third-order valence-corrected chi connectivity index (χ3v) is 2.27. The summed E-state index contributed by atoms with van der Waals surface area (Å²) in [5.41, 5.74) is 0.457. The van der Waals surface area contributed by atoms with Crippen LogP contribution in [0, 0.1) is 17.7 Å². The highest BCUT2D eigenvalue weighted by Crippen LogP contribution is 2.15. The summed E-state index contributed by atoms with van der Waals surface area (Å²) in [6.07, 6.45) is 1.38. The number of rotatable bonds is 2. The van der Waals surface area contributed by atoms with E-state index in [1.807, 2.05) is 0 Å². The molecule has 0 aliphatic heterocycles. The minimum absolute atomic E-state index is 0.143. The molecule has 0 atom stereocenters. The van der Waals surface area contributed by atoms with Crippen molar-refractivity contribution in [2.45, 2.75) is 0 Å². The number of furan rings is 1. The van der Waals surface area contributed by atoms with Crippen molar-refractivity contribution < 1.29 is 18.7 Å². The summed E-state index contributed by atoms with van der Waals surface area (Å²) in [4.78, 5) is 11.7. The highest BCUT2D eigenvalue weighted by Gasteiger charge is 2.09. The van der Waals surface area contributed by atoms with Crippen molar-refractivity contribution in [3.8, 4) is 11.8 Å². The minimum atomic E-state index is -0.571. The quantitative estimate of drug-likeness (QED) is 0.811. The molecule has 0 aliphatic carbocycles. The van der Waals surface area contributed by atoms with Gasteiger partial charge in [0.25, 0.3) is 5.91 Å². The Labute approximate surface area is 108 Å². The zero-order valence-corrected chi connectivity index (χ0v) is 9.81. The number of nitrogens with one attached hydrogen (secondary N) is 1. The molecule has 1 aromatic carbocycles. The molecular formula is C14H10FNO3. The largest absolute Gasteiger partial charge is 0.459 e. The van der Waals surface area contributed by atoms with E-state index in [0.29, 0.717) is 5.69 Å². The van der Waals surface area contributed by atoms with Gasteiger partial charge in [0.2, 0.25) is 0 Å². The molecule has 2 N–H and O–H groups in total. The van der Waals surface area contributed by atoms with Crippen LogP contribution in [0.25, 0.3) is 0 Å². The van der Waals surface area contributed by atoms with Crippen molar-refractivity contribution >= 4 is 11.6 Å². The standard InChI is InChI=1S/C14H10FNO3/c15-12-9-11(6-5-10(12)3-1-7-17)16-14(18)13-4-2-8-19-13/h2,4-6,8-9,17H,7H2,(H,16,18). The van der Waals surface area contributed by atoms with Gasteiger partial charge in [-0.3, -0.25) is 4.79 Å². The third-order valence-electron chi connectivity index (χ3n) is 2.27. The molecule has 1 amide bonds. The predicted molar refractivity (Wildman–Crippen MR) is 67.0 cm³/mol. The second-order valence-electron chi connectivity index (χ2n) is 3.59. The SMILES string of the molecule is O=C(Nc1ccc(C#CCO)c(F)c1)c1ccco1. The number of anilines is 1. The number of carbonyl (C=O) groups excluding carboxylic acids is 1. The van der Waals surface area contributed by atoms with Gasteiger partial charge in [-0.05, 0) is 30.3 Å². The minimum Gasteiger partial charge on any atom is -0.459 e. The van der Waals surface area contributed by atoms with Gasteiger partial charge in [0, 0.05) is 5.69 Å². The van der Waals surface area contributed by atoms with Crippen LogP contribution in [0.4, 0.5) is 10.1 Å². The van der Waals surface area contributed by atoms with Crippen molar-refractivity contribution in [1.82, 2.24) is 0 Å². The molecule has 0 unspecified atom stereocenters. The van der Waals surface area contributed by atoms with Crippen LogP contribution >= 0.6 is 0 Å². The number of hydrogen-bond donors (Lipinski definition) is 2. The van der Waals surface area contributed by atoms with Crippen molar-refractivity contribution in [3.05, 3.63) is 53.7 Å². The zero-order chi connectivity index (χ0) is 13.7. The number of aliphatic hydroxyl groups is 1. The Hall–Kier alpha value is -2.58. The molecule has 0 fully saturated rings. The van der Waals surface area contributed by atoms with Gasteiger partial charge in [-0.15, -0.1) is 0 Å². The summed E-state index contributed by atoms with van der Waals surface area (Å²) in [5, 5.41) is 11.0. The van der Waals surface area contributed by atoms with Crippen LogP contribution in [0.3, 0.4) is 0 Å². The lowest BCUT2D eigenvalue weighted by Gasteiger charge is -2.04. The Morgan fingerprint density at radius 1 is 1.42 bits per heavy atom. The summed E-state index contributed by atoms with van der Waals surface area (Å²) in [6, 6.07) is 7.19. The highest BCUT2D eigenvalue weighted by molar-refractivity contribution is 6.02. The Kier molecular flexibility index (Phi) is 3.96. The Morgan fingerprint density at radius 3 is 2.89 bits per heavy atom. The molecular weight excluding hydrogens is 249 g/mol. The maximum atomic E-state index is 13.6. The fourth-order valence-corrected chi connectivity index (χ4v) is 1.43. The van der Waals surface area contributed by atoms with Gasteiger partial charge >= 0.3 is 0 Å². The third kappa shape index (κ3) is 3.21. The maximum absolute atomic E-state index is 13.6. The maximum Gasteiger partial charge on any atom is 0.291 e. The van der Waals surface area contributed by atoms with E-state index < -0.39 is 11.7 Å². The average molecular weight is 259 g/mol. The van der Waals surface area contributed by atoms with Crippen molar-refractivity contribution in [3.63, 3.8) is 0 Å². The van der Waals surface area contributed by atoms with Crippen LogP contribution in [0.5, 0.6) is 0 Å². The predicted octanol–water partition coefficient (Wildman–Crippen LogP) is 2.01. The van der Waals surface area contributed by atoms with E-state index in [1.165, 1.54) is 24.5 Å². The van der Waals surface area contributed by atoms with Gasteiger partial charge in [-0.2, -0.15) is 0 Å². The Morgan fingerprint density at radius 2 is 2.26 bits per heavy atom. The first-order valence-corrected chi connectivity index (χ1v) is 5.45. The summed E-state index contributed by atoms with van der Waals surface area (Å²) in [7, 11) is 0. The summed E-state index contributed by atoms with van der Waals surface area (Å²) in [6.45, 7) is -0.337. The number of carbonyl (C=O) groups is 1. The molecule has 19 heavy (non-hydrogen) atoms. The topological polar surface area (TPSA) is 62.5 Å². The zero-order valence-electron chi connectivity index (χ0n) is 9.81. The molecule has 0 saturated carbocycles. The Bertz CT molecular complexity index is 638. The molecule has 0 spiro atoms.